The minimum Gasteiger partial charge on any atom is -0.298 e. The number of Topliss-reactive ketones (excluding diaryl/α,β-unsaturated/α-hetero) is 1. The number of hydrogen-bond acceptors (Lipinski definition) is 2. The van der Waals surface area contributed by atoms with Gasteiger partial charge in [-0.15, -0.1) is 0 Å². The Morgan fingerprint density at radius 2 is 2.19 bits per heavy atom. The van der Waals surface area contributed by atoms with Crippen LogP contribution >= 0.6 is 11.6 Å². The number of halogens is 1. The molecule has 0 saturated heterocycles. The van der Waals surface area contributed by atoms with E-state index in [9.17, 15) is 4.79 Å². The number of ketones is 1. The molecule has 0 N–H and O–H groups in total. The minimum atomic E-state index is -0.705. The molecule has 3 atom stereocenters. The van der Waals surface area contributed by atoms with Gasteiger partial charge in [0.05, 0.1) is 6.07 Å². The molecule has 0 heterocycles. The summed E-state index contributed by atoms with van der Waals surface area (Å²) in [5.41, 5.74) is 0.635. The highest BCUT2D eigenvalue weighted by atomic mass is 35.5. The van der Waals surface area contributed by atoms with E-state index in [1.165, 1.54) is 0 Å². The van der Waals surface area contributed by atoms with E-state index >= 15 is 0 Å². The fourth-order valence-corrected chi connectivity index (χ4v) is 2.17. The lowest BCUT2D eigenvalue weighted by Gasteiger charge is -2.09. The maximum Gasteiger partial charge on any atom is 0.157 e. The first-order chi connectivity index (χ1) is 7.65. The number of carbonyl (C=O) groups excluding carboxylic acids is 1. The van der Waals surface area contributed by atoms with Crippen molar-refractivity contribution in [2.45, 2.75) is 19.3 Å². The number of rotatable bonds is 3. The summed E-state index contributed by atoms with van der Waals surface area (Å²) in [6, 6.07) is 9.13. The molecule has 2 rings (SSSR count). The summed E-state index contributed by atoms with van der Waals surface area (Å²) in [6.07, 6.45) is 0.904. The first-order valence-electron chi connectivity index (χ1n) is 5.33. The maximum absolute atomic E-state index is 12.0. The molecule has 1 saturated carbocycles. The SMILES string of the molecule is CC1CC1C(=O)C(C#N)c1ccccc1Cl. The molecule has 16 heavy (non-hydrogen) atoms. The van der Waals surface area contributed by atoms with Crippen molar-refractivity contribution in [1.29, 1.82) is 5.26 Å². The van der Waals surface area contributed by atoms with Crippen molar-refractivity contribution in [2.24, 2.45) is 11.8 Å². The Hall–Kier alpha value is -1.33. The standard InChI is InChI=1S/C13H12ClNO/c1-8-6-10(8)13(16)11(7-15)9-4-2-3-5-12(9)14/h2-5,8,10-11H,6H2,1H3. The normalized spacial score (nSPS) is 24.6. The fraction of sp³-hybridized carbons (Fsp3) is 0.385. The molecule has 1 aliphatic carbocycles. The predicted octanol–water partition coefficient (Wildman–Crippen LogP) is 3.17. The molecule has 1 aromatic carbocycles. The van der Waals surface area contributed by atoms with Crippen LogP contribution in [0.25, 0.3) is 0 Å². The second-order valence-electron chi connectivity index (χ2n) is 4.31. The van der Waals surface area contributed by atoms with Crippen LogP contribution in [0, 0.1) is 23.2 Å². The fourth-order valence-electron chi connectivity index (χ4n) is 1.93. The third-order valence-electron chi connectivity index (χ3n) is 3.10. The average Bonchev–Trinajstić information content (AvgIpc) is 2.99. The Labute approximate surface area is 99.8 Å². The molecule has 0 amide bonds. The molecule has 0 spiro atoms. The molecular formula is C13H12ClNO. The molecule has 0 radical (unpaired) electrons. The van der Waals surface area contributed by atoms with Crippen LogP contribution in [-0.2, 0) is 4.79 Å². The van der Waals surface area contributed by atoms with Crippen LogP contribution < -0.4 is 0 Å². The zero-order chi connectivity index (χ0) is 11.7. The van der Waals surface area contributed by atoms with Crippen LogP contribution in [0.2, 0.25) is 5.02 Å². The Bertz CT molecular complexity index is 463. The zero-order valence-electron chi connectivity index (χ0n) is 8.98. The van der Waals surface area contributed by atoms with Crippen molar-refractivity contribution in [3.05, 3.63) is 34.9 Å². The van der Waals surface area contributed by atoms with Gasteiger partial charge in [-0.25, -0.2) is 0 Å². The minimum absolute atomic E-state index is 0.0168. The van der Waals surface area contributed by atoms with Crippen molar-refractivity contribution in [3.8, 4) is 6.07 Å². The molecule has 0 aromatic heterocycles. The van der Waals surface area contributed by atoms with Gasteiger partial charge >= 0.3 is 0 Å². The van der Waals surface area contributed by atoms with Gasteiger partial charge in [-0.1, -0.05) is 36.7 Å². The molecule has 0 bridgehead atoms. The summed E-state index contributed by atoms with van der Waals surface area (Å²) < 4.78 is 0. The molecular weight excluding hydrogens is 222 g/mol. The van der Waals surface area contributed by atoms with Gasteiger partial charge in [0.1, 0.15) is 5.92 Å². The van der Waals surface area contributed by atoms with Gasteiger partial charge in [0.2, 0.25) is 0 Å². The Morgan fingerprint density at radius 1 is 1.56 bits per heavy atom. The lowest BCUT2D eigenvalue weighted by molar-refractivity contribution is -0.120. The van der Waals surface area contributed by atoms with Gasteiger partial charge in [0, 0.05) is 10.9 Å². The topological polar surface area (TPSA) is 40.9 Å². The lowest BCUT2D eigenvalue weighted by atomic mass is 9.93. The van der Waals surface area contributed by atoms with Crippen molar-refractivity contribution in [1.82, 2.24) is 0 Å². The summed E-state index contributed by atoms with van der Waals surface area (Å²) in [7, 11) is 0. The van der Waals surface area contributed by atoms with E-state index < -0.39 is 5.92 Å². The number of nitriles is 1. The summed E-state index contributed by atoms with van der Waals surface area (Å²) >= 11 is 6.00. The van der Waals surface area contributed by atoms with Crippen molar-refractivity contribution >= 4 is 17.4 Å². The highest BCUT2D eigenvalue weighted by Crippen LogP contribution is 2.42. The summed E-state index contributed by atoms with van der Waals surface area (Å²) in [6.45, 7) is 2.03. The molecule has 1 aliphatic rings. The highest BCUT2D eigenvalue weighted by molar-refractivity contribution is 6.31. The number of benzene rings is 1. The largest absolute Gasteiger partial charge is 0.298 e. The average molecular weight is 234 g/mol. The Balaban J connectivity index is 2.27. The first-order valence-corrected chi connectivity index (χ1v) is 5.70. The number of carbonyl (C=O) groups is 1. The molecule has 3 unspecified atom stereocenters. The van der Waals surface area contributed by atoms with Crippen LogP contribution in [-0.4, -0.2) is 5.78 Å². The van der Waals surface area contributed by atoms with Crippen LogP contribution in [0.5, 0.6) is 0 Å². The van der Waals surface area contributed by atoms with Crippen LogP contribution in [0.1, 0.15) is 24.8 Å². The number of nitrogens with zero attached hydrogens (tertiary/aromatic N) is 1. The van der Waals surface area contributed by atoms with E-state index in [-0.39, 0.29) is 11.7 Å². The molecule has 0 aliphatic heterocycles. The van der Waals surface area contributed by atoms with Crippen LogP contribution in [0.4, 0.5) is 0 Å². The van der Waals surface area contributed by atoms with E-state index in [2.05, 4.69) is 6.07 Å². The van der Waals surface area contributed by atoms with Crippen molar-refractivity contribution in [2.75, 3.05) is 0 Å². The Kier molecular flexibility index (Phi) is 2.98. The van der Waals surface area contributed by atoms with Crippen molar-refractivity contribution in [3.63, 3.8) is 0 Å². The molecule has 2 nitrogen and oxygen atoms in total. The second kappa shape index (κ2) is 4.27. The van der Waals surface area contributed by atoms with E-state index in [0.717, 1.165) is 6.42 Å². The second-order valence-corrected chi connectivity index (χ2v) is 4.71. The number of hydrogen-bond donors (Lipinski definition) is 0. The maximum atomic E-state index is 12.0. The van der Waals surface area contributed by atoms with E-state index in [4.69, 9.17) is 16.9 Å². The first kappa shape index (κ1) is 11.2. The van der Waals surface area contributed by atoms with Gasteiger partial charge in [-0.3, -0.25) is 4.79 Å². The van der Waals surface area contributed by atoms with Gasteiger partial charge in [-0.2, -0.15) is 5.26 Å². The van der Waals surface area contributed by atoms with Crippen LogP contribution in [0.15, 0.2) is 24.3 Å². The van der Waals surface area contributed by atoms with Crippen LogP contribution in [0.3, 0.4) is 0 Å². The van der Waals surface area contributed by atoms with E-state index in [1.807, 2.05) is 6.92 Å². The molecule has 1 aromatic rings. The molecule has 1 fully saturated rings. The monoisotopic (exact) mass is 233 g/mol. The summed E-state index contributed by atoms with van der Waals surface area (Å²) in [4.78, 5) is 12.0. The lowest BCUT2D eigenvalue weighted by Crippen LogP contribution is -2.14. The Morgan fingerprint density at radius 3 is 2.69 bits per heavy atom. The van der Waals surface area contributed by atoms with E-state index in [1.54, 1.807) is 24.3 Å². The van der Waals surface area contributed by atoms with Crippen molar-refractivity contribution < 1.29 is 4.79 Å². The summed E-state index contributed by atoms with van der Waals surface area (Å²) in [5.74, 6) is -0.210. The highest BCUT2D eigenvalue weighted by Gasteiger charge is 2.42. The molecule has 82 valence electrons. The third-order valence-corrected chi connectivity index (χ3v) is 3.45. The van der Waals surface area contributed by atoms with Gasteiger partial charge in [0.25, 0.3) is 0 Å². The van der Waals surface area contributed by atoms with E-state index in [0.29, 0.717) is 16.5 Å². The quantitative estimate of drug-likeness (QED) is 0.805. The van der Waals surface area contributed by atoms with Gasteiger partial charge in [0.15, 0.2) is 5.78 Å². The summed E-state index contributed by atoms with van der Waals surface area (Å²) in [5, 5.41) is 9.60. The van der Waals surface area contributed by atoms with Gasteiger partial charge < -0.3 is 0 Å². The predicted molar refractivity (Wildman–Crippen MR) is 62.1 cm³/mol. The smallest absolute Gasteiger partial charge is 0.157 e. The zero-order valence-corrected chi connectivity index (χ0v) is 9.74. The van der Waals surface area contributed by atoms with Gasteiger partial charge in [-0.05, 0) is 24.0 Å². The third kappa shape index (κ3) is 1.96. The molecule has 3 heteroatoms.